The van der Waals surface area contributed by atoms with E-state index in [9.17, 15) is 9.59 Å². The molecule has 2 unspecified atom stereocenters. The molecular formula is C15H20O4. The minimum Gasteiger partial charge on any atom is -0.466 e. The summed E-state index contributed by atoms with van der Waals surface area (Å²) in [7, 11) is 0. The van der Waals surface area contributed by atoms with Crippen LogP contribution in [-0.2, 0) is 19.1 Å². The van der Waals surface area contributed by atoms with Crippen molar-refractivity contribution in [3.8, 4) is 0 Å². The lowest BCUT2D eigenvalue weighted by Gasteiger charge is -2.24. The molecule has 0 N–H and O–H groups in total. The Hall–Kier alpha value is -1.84. The molecule has 0 spiro atoms. The van der Waals surface area contributed by atoms with E-state index in [0.717, 1.165) is 5.56 Å². The highest BCUT2D eigenvalue weighted by molar-refractivity contribution is 5.74. The number of hydrogen-bond donors (Lipinski definition) is 0. The summed E-state index contributed by atoms with van der Waals surface area (Å²) in [6.45, 7) is 5.29. The second-order valence-corrected chi connectivity index (χ2v) is 4.21. The molecule has 0 saturated carbocycles. The average molecular weight is 264 g/mol. The van der Waals surface area contributed by atoms with Crippen molar-refractivity contribution in [2.24, 2.45) is 5.92 Å². The van der Waals surface area contributed by atoms with Crippen LogP contribution in [0.25, 0.3) is 0 Å². The SMILES string of the molecule is CCOC(=O)C(CC)C(OC(C)=O)c1ccccc1. The third-order valence-corrected chi connectivity index (χ3v) is 2.82. The maximum absolute atomic E-state index is 12.0. The summed E-state index contributed by atoms with van der Waals surface area (Å²) >= 11 is 0. The zero-order valence-electron chi connectivity index (χ0n) is 11.6. The normalized spacial score (nSPS) is 13.4. The monoisotopic (exact) mass is 264 g/mol. The van der Waals surface area contributed by atoms with Crippen molar-refractivity contribution in [2.75, 3.05) is 6.61 Å². The first-order valence-electron chi connectivity index (χ1n) is 6.48. The Morgan fingerprint density at radius 3 is 2.26 bits per heavy atom. The molecule has 0 heterocycles. The Balaban J connectivity index is 3.01. The van der Waals surface area contributed by atoms with Gasteiger partial charge in [-0.15, -0.1) is 0 Å². The van der Waals surface area contributed by atoms with Crippen LogP contribution in [0.15, 0.2) is 30.3 Å². The molecule has 104 valence electrons. The van der Waals surface area contributed by atoms with Crippen LogP contribution >= 0.6 is 0 Å². The van der Waals surface area contributed by atoms with Crippen molar-refractivity contribution < 1.29 is 19.1 Å². The quantitative estimate of drug-likeness (QED) is 0.741. The lowest BCUT2D eigenvalue weighted by atomic mass is 9.93. The molecule has 0 bridgehead atoms. The standard InChI is InChI=1S/C15H20O4/c1-4-13(15(17)18-5-2)14(19-11(3)16)12-9-7-6-8-10-12/h6-10,13-14H,4-5H2,1-3H3. The Morgan fingerprint density at radius 2 is 1.79 bits per heavy atom. The highest BCUT2D eigenvalue weighted by atomic mass is 16.6. The predicted octanol–water partition coefficient (Wildman–Crippen LogP) is 2.88. The van der Waals surface area contributed by atoms with Crippen molar-refractivity contribution in [3.63, 3.8) is 0 Å². The Morgan fingerprint density at radius 1 is 1.16 bits per heavy atom. The third-order valence-electron chi connectivity index (χ3n) is 2.82. The highest BCUT2D eigenvalue weighted by Gasteiger charge is 2.31. The van der Waals surface area contributed by atoms with Gasteiger partial charge in [-0.2, -0.15) is 0 Å². The zero-order chi connectivity index (χ0) is 14.3. The van der Waals surface area contributed by atoms with Gasteiger partial charge in [-0.3, -0.25) is 9.59 Å². The van der Waals surface area contributed by atoms with Crippen LogP contribution in [0.5, 0.6) is 0 Å². The van der Waals surface area contributed by atoms with E-state index in [0.29, 0.717) is 13.0 Å². The number of esters is 2. The van der Waals surface area contributed by atoms with Crippen LogP contribution in [0.1, 0.15) is 38.9 Å². The van der Waals surface area contributed by atoms with Gasteiger partial charge in [0.25, 0.3) is 0 Å². The van der Waals surface area contributed by atoms with Gasteiger partial charge in [-0.05, 0) is 18.9 Å². The van der Waals surface area contributed by atoms with E-state index in [4.69, 9.17) is 9.47 Å². The van der Waals surface area contributed by atoms with E-state index in [1.54, 1.807) is 6.92 Å². The van der Waals surface area contributed by atoms with Gasteiger partial charge >= 0.3 is 11.9 Å². The first-order chi connectivity index (χ1) is 9.10. The van der Waals surface area contributed by atoms with Gasteiger partial charge in [0.15, 0.2) is 0 Å². The summed E-state index contributed by atoms with van der Waals surface area (Å²) in [5, 5.41) is 0. The molecule has 0 saturated heterocycles. The molecule has 19 heavy (non-hydrogen) atoms. The zero-order valence-corrected chi connectivity index (χ0v) is 11.6. The summed E-state index contributed by atoms with van der Waals surface area (Å²) in [5.74, 6) is -1.22. The molecule has 2 atom stereocenters. The fourth-order valence-corrected chi connectivity index (χ4v) is 1.96. The van der Waals surface area contributed by atoms with Gasteiger partial charge in [0.2, 0.25) is 0 Å². The smallest absolute Gasteiger partial charge is 0.313 e. The van der Waals surface area contributed by atoms with Crippen LogP contribution < -0.4 is 0 Å². The van der Waals surface area contributed by atoms with Crippen molar-refractivity contribution in [2.45, 2.75) is 33.3 Å². The lowest BCUT2D eigenvalue weighted by molar-refractivity contribution is -0.161. The van der Waals surface area contributed by atoms with E-state index in [2.05, 4.69) is 0 Å². The molecule has 0 amide bonds. The first kappa shape index (κ1) is 15.2. The topological polar surface area (TPSA) is 52.6 Å². The van der Waals surface area contributed by atoms with Crippen molar-refractivity contribution in [1.29, 1.82) is 0 Å². The molecule has 0 fully saturated rings. The van der Waals surface area contributed by atoms with Crippen molar-refractivity contribution >= 4 is 11.9 Å². The minimum absolute atomic E-state index is 0.316. The van der Waals surface area contributed by atoms with Crippen LogP contribution in [-0.4, -0.2) is 18.5 Å². The molecule has 0 aliphatic carbocycles. The molecule has 1 aromatic carbocycles. The summed E-state index contributed by atoms with van der Waals surface area (Å²) in [6.07, 6.45) is -0.0474. The van der Waals surface area contributed by atoms with Crippen LogP contribution in [0.2, 0.25) is 0 Å². The van der Waals surface area contributed by atoms with Crippen LogP contribution in [0.3, 0.4) is 0 Å². The average Bonchev–Trinajstić information content (AvgIpc) is 2.39. The molecule has 4 nitrogen and oxygen atoms in total. The highest BCUT2D eigenvalue weighted by Crippen LogP contribution is 2.29. The fourth-order valence-electron chi connectivity index (χ4n) is 1.96. The lowest BCUT2D eigenvalue weighted by Crippen LogP contribution is -2.27. The van der Waals surface area contributed by atoms with E-state index < -0.39 is 18.0 Å². The van der Waals surface area contributed by atoms with Gasteiger partial charge in [0, 0.05) is 6.92 Å². The second-order valence-electron chi connectivity index (χ2n) is 4.21. The van der Waals surface area contributed by atoms with E-state index in [-0.39, 0.29) is 5.97 Å². The van der Waals surface area contributed by atoms with Gasteiger partial charge in [-0.1, -0.05) is 37.3 Å². The summed E-state index contributed by atoms with van der Waals surface area (Å²) in [4.78, 5) is 23.2. The second kappa shape index (κ2) is 7.56. The maximum atomic E-state index is 12.0. The number of hydrogen-bond acceptors (Lipinski definition) is 4. The predicted molar refractivity (Wildman–Crippen MR) is 71.4 cm³/mol. The largest absolute Gasteiger partial charge is 0.466 e. The number of ether oxygens (including phenoxy) is 2. The molecule has 4 heteroatoms. The molecular weight excluding hydrogens is 244 g/mol. The summed E-state index contributed by atoms with van der Waals surface area (Å²) < 4.78 is 10.4. The molecule has 0 aliphatic heterocycles. The van der Waals surface area contributed by atoms with E-state index in [1.165, 1.54) is 6.92 Å². The van der Waals surface area contributed by atoms with Gasteiger partial charge in [0.05, 0.1) is 12.5 Å². The molecule has 1 rings (SSSR count). The molecule has 0 aromatic heterocycles. The van der Waals surface area contributed by atoms with Gasteiger partial charge in [0.1, 0.15) is 6.10 Å². The van der Waals surface area contributed by atoms with Crippen molar-refractivity contribution in [3.05, 3.63) is 35.9 Å². The fraction of sp³-hybridized carbons (Fsp3) is 0.467. The van der Waals surface area contributed by atoms with Crippen molar-refractivity contribution in [1.82, 2.24) is 0 Å². The number of carbonyl (C=O) groups excluding carboxylic acids is 2. The van der Waals surface area contributed by atoms with Crippen LogP contribution in [0.4, 0.5) is 0 Å². The number of carbonyl (C=O) groups is 2. The summed E-state index contributed by atoms with van der Waals surface area (Å²) in [6, 6.07) is 9.26. The van der Waals surface area contributed by atoms with Gasteiger partial charge < -0.3 is 9.47 Å². The maximum Gasteiger partial charge on any atom is 0.313 e. The van der Waals surface area contributed by atoms with Gasteiger partial charge in [-0.25, -0.2) is 0 Å². The number of rotatable bonds is 6. The Labute approximate surface area is 113 Å². The molecule has 0 aliphatic rings. The van der Waals surface area contributed by atoms with Crippen LogP contribution in [0, 0.1) is 5.92 Å². The molecule has 1 aromatic rings. The molecule has 0 radical (unpaired) electrons. The summed E-state index contributed by atoms with van der Waals surface area (Å²) in [5.41, 5.74) is 0.803. The Bertz CT molecular complexity index is 413. The first-order valence-corrected chi connectivity index (χ1v) is 6.48. The number of benzene rings is 1. The van der Waals surface area contributed by atoms with E-state index >= 15 is 0 Å². The van der Waals surface area contributed by atoms with E-state index in [1.807, 2.05) is 37.3 Å². The Kier molecular flexibility index (Phi) is 6.06. The minimum atomic E-state index is -0.595. The third kappa shape index (κ3) is 4.39.